The van der Waals surface area contributed by atoms with Gasteiger partial charge in [0.2, 0.25) is 0 Å². The van der Waals surface area contributed by atoms with Crippen molar-refractivity contribution in [3.8, 4) is 0 Å². The van der Waals surface area contributed by atoms with Crippen molar-refractivity contribution in [2.75, 3.05) is 6.61 Å². The summed E-state index contributed by atoms with van der Waals surface area (Å²) in [5.74, 6) is 0.799. The number of unbranched alkanes of at least 4 members (excludes halogenated alkanes) is 1. The summed E-state index contributed by atoms with van der Waals surface area (Å²) in [6.07, 6.45) is 8.88. The summed E-state index contributed by atoms with van der Waals surface area (Å²) in [5.41, 5.74) is 3.39. The minimum atomic E-state index is -0.00702. The molecule has 1 saturated carbocycles. The molecule has 0 unspecified atom stereocenters. The number of aliphatic hydroxyl groups excluding tert-OH is 1. The van der Waals surface area contributed by atoms with Crippen LogP contribution in [-0.4, -0.2) is 40.4 Å². The quantitative estimate of drug-likeness (QED) is 0.497. The van der Waals surface area contributed by atoms with E-state index in [2.05, 4.69) is 14.5 Å². The van der Waals surface area contributed by atoms with Gasteiger partial charge in [-0.15, -0.1) is 0 Å². The highest BCUT2D eigenvalue weighted by molar-refractivity contribution is 5.75. The van der Waals surface area contributed by atoms with Gasteiger partial charge in [0.15, 0.2) is 5.65 Å². The van der Waals surface area contributed by atoms with Crippen molar-refractivity contribution in [3.05, 3.63) is 53.1 Å². The Labute approximate surface area is 161 Å². The van der Waals surface area contributed by atoms with E-state index in [1.54, 1.807) is 23.2 Å². The number of aryl methyl sites for hydroxylation is 1. The third-order valence-corrected chi connectivity index (χ3v) is 5.37. The fraction of sp³-hybridized carbons (Fsp3) is 0.400. The zero-order chi connectivity index (χ0) is 19.1. The van der Waals surface area contributed by atoms with E-state index < -0.39 is 0 Å². The van der Waals surface area contributed by atoms with Gasteiger partial charge < -0.3 is 9.67 Å². The Hall–Kier alpha value is -3.00. The average Bonchev–Trinajstić information content (AvgIpc) is 3.43. The van der Waals surface area contributed by atoms with Gasteiger partial charge in [0.25, 0.3) is 0 Å². The molecule has 4 aromatic rings. The molecule has 0 aliphatic heterocycles. The molecular weight excluding hydrogens is 356 g/mol. The number of aromatic nitrogens is 6. The van der Waals surface area contributed by atoms with E-state index >= 15 is 0 Å². The van der Waals surface area contributed by atoms with E-state index in [4.69, 9.17) is 10.1 Å². The van der Waals surface area contributed by atoms with E-state index in [0.29, 0.717) is 18.2 Å². The maximum atomic E-state index is 13.2. The monoisotopic (exact) mass is 378 g/mol. The maximum Gasteiger partial charge on any atom is 0.329 e. The first-order chi connectivity index (χ1) is 13.8. The Bertz CT molecular complexity index is 1200. The third-order valence-electron chi connectivity index (χ3n) is 5.37. The molecule has 1 fully saturated rings. The van der Waals surface area contributed by atoms with Crippen LogP contribution in [0.5, 0.6) is 0 Å². The van der Waals surface area contributed by atoms with Crippen LogP contribution in [-0.2, 0) is 13.1 Å². The summed E-state index contributed by atoms with van der Waals surface area (Å²) in [6.45, 7) is 1.27. The van der Waals surface area contributed by atoms with Gasteiger partial charge in [-0.05, 0) is 43.9 Å². The maximum absolute atomic E-state index is 13.2. The number of hydrogen-bond donors (Lipinski definition) is 1. The molecule has 5 rings (SSSR count). The molecule has 28 heavy (non-hydrogen) atoms. The van der Waals surface area contributed by atoms with Crippen LogP contribution in [0.1, 0.15) is 37.5 Å². The highest BCUT2D eigenvalue weighted by Gasteiger charge is 2.29. The van der Waals surface area contributed by atoms with Crippen LogP contribution in [0.3, 0.4) is 0 Å². The third kappa shape index (κ3) is 2.80. The fourth-order valence-corrected chi connectivity index (χ4v) is 3.87. The van der Waals surface area contributed by atoms with Gasteiger partial charge in [-0.1, -0.05) is 0 Å². The number of nitrogens with zero attached hydrogens (tertiary/aromatic N) is 6. The molecule has 1 aliphatic carbocycles. The smallest absolute Gasteiger partial charge is 0.329 e. The van der Waals surface area contributed by atoms with Gasteiger partial charge >= 0.3 is 5.69 Å². The van der Waals surface area contributed by atoms with Gasteiger partial charge in [-0.2, -0.15) is 0 Å². The van der Waals surface area contributed by atoms with Crippen LogP contribution in [0.4, 0.5) is 0 Å². The summed E-state index contributed by atoms with van der Waals surface area (Å²) in [7, 11) is 0. The molecule has 4 heterocycles. The standard InChI is InChI=1S/C20H22N6O2/c27-11-2-1-10-24-16-4-3-8-22-19(16)23-18(24)13-25-17-12-21-9-7-15(17)26(20(25)28)14-5-6-14/h3-4,7-9,12,14,27H,1-2,5-6,10-11,13H2. The molecule has 8 nitrogen and oxygen atoms in total. The van der Waals surface area contributed by atoms with Gasteiger partial charge in [-0.3, -0.25) is 14.1 Å². The van der Waals surface area contributed by atoms with Gasteiger partial charge in [-0.25, -0.2) is 14.8 Å². The molecule has 0 aromatic carbocycles. The molecule has 4 aromatic heterocycles. The van der Waals surface area contributed by atoms with E-state index in [1.165, 1.54) is 0 Å². The normalized spacial score (nSPS) is 14.3. The highest BCUT2D eigenvalue weighted by atomic mass is 16.3. The molecule has 144 valence electrons. The molecule has 0 radical (unpaired) electrons. The molecule has 8 heteroatoms. The minimum Gasteiger partial charge on any atom is -0.396 e. The summed E-state index contributed by atoms with van der Waals surface area (Å²) < 4.78 is 5.78. The van der Waals surface area contributed by atoms with Crippen molar-refractivity contribution in [1.82, 2.24) is 28.7 Å². The van der Waals surface area contributed by atoms with Crippen LogP contribution in [0.2, 0.25) is 0 Å². The van der Waals surface area contributed by atoms with Crippen LogP contribution >= 0.6 is 0 Å². The summed E-state index contributed by atoms with van der Waals surface area (Å²) in [5, 5.41) is 9.14. The largest absolute Gasteiger partial charge is 0.396 e. The molecule has 1 aliphatic rings. The number of fused-ring (bicyclic) bond motifs is 2. The molecular formula is C20H22N6O2. The van der Waals surface area contributed by atoms with Gasteiger partial charge in [0.1, 0.15) is 5.82 Å². The van der Waals surface area contributed by atoms with Crippen LogP contribution in [0.25, 0.3) is 22.2 Å². The molecule has 0 saturated heterocycles. The van der Waals surface area contributed by atoms with Crippen molar-refractivity contribution >= 4 is 22.2 Å². The summed E-state index contributed by atoms with van der Waals surface area (Å²) in [4.78, 5) is 26.5. The Balaban J connectivity index is 1.62. The number of pyridine rings is 2. The van der Waals surface area contributed by atoms with Crippen molar-refractivity contribution in [3.63, 3.8) is 0 Å². The number of hydrogen-bond acceptors (Lipinski definition) is 5. The lowest BCUT2D eigenvalue weighted by molar-refractivity contribution is 0.281. The number of aliphatic hydroxyl groups is 1. The molecule has 1 N–H and O–H groups in total. The Morgan fingerprint density at radius 2 is 1.96 bits per heavy atom. The lowest BCUT2D eigenvalue weighted by atomic mass is 10.3. The molecule has 0 amide bonds. The van der Waals surface area contributed by atoms with Gasteiger partial charge in [0, 0.05) is 31.6 Å². The predicted octanol–water partition coefficient (Wildman–Crippen LogP) is 2.10. The highest BCUT2D eigenvalue weighted by Crippen LogP contribution is 2.36. The Kier molecular flexibility index (Phi) is 4.20. The molecule has 0 spiro atoms. The van der Waals surface area contributed by atoms with Crippen LogP contribution in [0.15, 0.2) is 41.6 Å². The number of imidazole rings is 2. The lowest BCUT2D eigenvalue weighted by Gasteiger charge is -2.09. The first kappa shape index (κ1) is 17.1. The van der Waals surface area contributed by atoms with Crippen molar-refractivity contribution < 1.29 is 5.11 Å². The lowest BCUT2D eigenvalue weighted by Crippen LogP contribution is -2.25. The van der Waals surface area contributed by atoms with Crippen LogP contribution in [0, 0.1) is 0 Å². The first-order valence-electron chi connectivity index (χ1n) is 9.73. The topological polar surface area (TPSA) is 90.8 Å². The van der Waals surface area contributed by atoms with Crippen LogP contribution < -0.4 is 5.69 Å². The number of rotatable bonds is 7. The SMILES string of the molecule is O=c1n(Cc2nc3ncccc3n2CCCCO)c2cnccc2n1C1CC1. The van der Waals surface area contributed by atoms with E-state index in [-0.39, 0.29) is 12.3 Å². The zero-order valence-electron chi connectivity index (χ0n) is 15.5. The Morgan fingerprint density at radius 1 is 1.07 bits per heavy atom. The Morgan fingerprint density at radius 3 is 2.79 bits per heavy atom. The predicted molar refractivity (Wildman–Crippen MR) is 105 cm³/mol. The first-order valence-corrected chi connectivity index (χ1v) is 9.73. The summed E-state index contributed by atoms with van der Waals surface area (Å²) >= 11 is 0. The van der Waals surface area contributed by atoms with E-state index in [1.807, 2.05) is 22.8 Å². The van der Waals surface area contributed by atoms with Crippen molar-refractivity contribution in [2.24, 2.45) is 0 Å². The molecule has 0 bridgehead atoms. The summed E-state index contributed by atoms with van der Waals surface area (Å²) in [6, 6.07) is 6.10. The fourth-order valence-electron chi connectivity index (χ4n) is 3.87. The second kappa shape index (κ2) is 6.87. The second-order valence-corrected chi connectivity index (χ2v) is 7.29. The van der Waals surface area contributed by atoms with Gasteiger partial charge in [0.05, 0.1) is 29.3 Å². The van der Waals surface area contributed by atoms with Crippen molar-refractivity contribution in [1.29, 1.82) is 0 Å². The second-order valence-electron chi connectivity index (χ2n) is 7.29. The molecule has 0 atom stereocenters. The van der Waals surface area contributed by atoms with E-state index in [0.717, 1.165) is 54.6 Å². The van der Waals surface area contributed by atoms with E-state index in [9.17, 15) is 4.79 Å². The minimum absolute atomic E-state index is 0.00702. The zero-order valence-corrected chi connectivity index (χ0v) is 15.5. The average molecular weight is 378 g/mol. The van der Waals surface area contributed by atoms with Crippen molar-refractivity contribution in [2.45, 2.75) is 44.8 Å².